The average molecular weight is 281 g/mol. The van der Waals surface area contributed by atoms with Crippen molar-refractivity contribution < 1.29 is 8.95 Å². The first-order chi connectivity index (χ1) is 9.21. The van der Waals surface area contributed by atoms with Gasteiger partial charge in [0.05, 0.1) is 12.4 Å². The Labute approximate surface area is 118 Å². The lowest BCUT2D eigenvalue weighted by Crippen LogP contribution is -2.39. The summed E-state index contributed by atoms with van der Waals surface area (Å²) in [6.07, 6.45) is 1.98. The van der Waals surface area contributed by atoms with Gasteiger partial charge in [-0.15, -0.1) is 0 Å². The first kappa shape index (κ1) is 14.5. The molecule has 0 saturated heterocycles. The van der Waals surface area contributed by atoms with Gasteiger partial charge in [0.25, 0.3) is 0 Å². The highest BCUT2D eigenvalue weighted by molar-refractivity contribution is 7.85. The summed E-state index contributed by atoms with van der Waals surface area (Å²) in [4.78, 5) is 0. The van der Waals surface area contributed by atoms with Crippen LogP contribution in [0.1, 0.15) is 37.4 Å². The number of rotatable bonds is 5. The van der Waals surface area contributed by atoms with Crippen LogP contribution >= 0.6 is 0 Å². The molecule has 106 valence electrons. The Hall–Kier alpha value is -0.870. The molecule has 3 unspecified atom stereocenters. The SMILES string of the molecule is CCNC1c2ccc(OC)cc2CCC1S(=O)CC. The fourth-order valence-electron chi connectivity index (χ4n) is 2.85. The maximum absolute atomic E-state index is 12.2. The van der Waals surface area contributed by atoms with E-state index in [1.54, 1.807) is 7.11 Å². The van der Waals surface area contributed by atoms with Crippen molar-refractivity contribution in [2.24, 2.45) is 0 Å². The smallest absolute Gasteiger partial charge is 0.119 e. The third-order valence-electron chi connectivity index (χ3n) is 3.80. The molecule has 4 heteroatoms. The van der Waals surface area contributed by atoms with Gasteiger partial charge >= 0.3 is 0 Å². The highest BCUT2D eigenvalue weighted by atomic mass is 32.2. The maximum atomic E-state index is 12.2. The molecular formula is C15H23NO2S. The van der Waals surface area contributed by atoms with E-state index in [0.717, 1.165) is 30.9 Å². The van der Waals surface area contributed by atoms with Gasteiger partial charge in [0.2, 0.25) is 0 Å². The Bertz CT molecular complexity index is 461. The molecule has 3 atom stereocenters. The zero-order valence-electron chi connectivity index (χ0n) is 11.9. The van der Waals surface area contributed by atoms with Crippen LogP contribution in [0, 0.1) is 0 Å². The van der Waals surface area contributed by atoms with Crippen LogP contribution in [-0.2, 0) is 17.2 Å². The molecule has 0 spiro atoms. The van der Waals surface area contributed by atoms with E-state index >= 15 is 0 Å². The van der Waals surface area contributed by atoms with Crippen LogP contribution in [0.3, 0.4) is 0 Å². The van der Waals surface area contributed by atoms with Crippen molar-refractivity contribution in [1.29, 1.82) is 0 Å². The molecule has 0 radical (unpaired) electrons. The fraction of sp³-hybridized carbons (Fsp3) is 0.600. The second-order valence-electron chi connectivity index (χ2n) is 4.85. The van der Waals surface area contributed by atoms with Crippen LogP contribution in [-0.4, -0.2) is 28.9 Å². The molecule has 0 bridgehead atoms. The molecular weight excluding hydrogens is 258 g/mol. The number of methoxy groups -OCH3 is 1. The summed E-state index contributed by atoms with van der Waals surface area (Å²) in [5.74, 6) is 1.64. The summed E-state index contributed by atoms with van der Waals surface area (Å²) >= 11 is 0. The van der Waals surface area contributed by atoms with Crippen LogP contribution in [0.2, 0.25) is 0 Å². The van der Waals surface area contributed by atoms with Gasteiger partial charge in [-0.25, -0.2) is 0 Å². The second kappa shape index (κ2) is 6.53. The first-order valence-corrected chi connectivity index (χ1v) is 8.36. The van der Waals surface area contributed by atoms with Crippen LogP contribution in [0.25, 0.3) is 0 Å². The van der Waals surface area contributed by atoms with Gasteiger partial charge in [0, 0.05) is 22.6 Å². The van der Waals surface area contributed by atoms with E-state index in [2.05, 4.69) is 24.4 Å². The summed E-state index contributed by atoms with van der Waals surface area (Å²) in [5, 5.41) is 3.74. The molecule has 0 fully saturated rings. The molecule has 0 aromatic heterocycles. The lowest BCUT2D eigenvalue weighted by molar-refractivity contribution is 0.411. The number of benzene rings is 1. The molecule has 19 heavy (non-hydrogen) atoms. The molecule has 1 aromatic rings. The molecule has 0 amide bonds. The van der Waals surface area contributed by atoms with Crippen LogP contribution < -0.4 is 10.1 Å². The Balaban J connectivity index is 2.34. The van der Waals surface area contributed by atoms with Crippen molar-refractivity contribution in [3.63, 3.8) is 0 Å². The second-order valence-corrected chi connectivity index (χ2v) is 6.79. The quantitative estimate of drug-likeness (QED) is 0.901. The Morgan fingerprint density at radius 3 is 2.84 bits per heavy atom. The zero-order valence-corrected chi connectivity index (χ0v) is 12.8. The number of hydrogen-bond donors (Lipinski definition) is 1. The minimum atomic E-state index is -0.753. The number of nitrogens with one attached hydrogen (secondary N) is 1. The fourth-order valence-corrected chi connectivity index (χ4v) is 4.21. The molecule has 0 saturated carbocycles. The summed E-state index contributed by atoms with van der Waals surface area (Å²) < 4.78 is 17.5. The van der Waals surface area contributed by atoms with E-state index < -0.39 is 10.8 Å². The van der Waals surface area contributed by atoms with Gasteiger partial charge in [-0.2, -0.15) is 0 Å². The highest BCUT2D eigenvalue weighted by Gasteiger charge is 2.32. The van der Waals surface area contributed by atoms with E-state index in [1.165, 1.54) is 11.1 Å². The van der Waals surface area contributed by atoms with Crippen molar-refractivity contribution >= 4 is 10.8 Å². The molecule has 1 N–H and O–H groups in total. The summed E-state index contributed by atoms with van der Waals surface area (Å²) in [6.45, 7) is 5.00. The van der Waals surface area contributed by atoms with E-state index in [-0.39, 0.29) is 11.3 Å². The predicted molar refractivity (Wildman–Crippen MR) is 80.2 cm³/mol. The van der Waals surface area contributed by atoms with E-state index in [1.807, 2.05) is 13.0 Å². The molecule has 2 rings (SSSR count). The van der Waals surface area contributed by atoms with Crippen molar-refractivity contribution in [1.82, 2.24) is 5.32 Å². The maximum Gasteiger partial charge on any atom is 0.119 e. The van der Waals surface area contributed by atoms with Crippen LogP contribution in [0.15, 0.2) is 18.2 Å². The predicted octanol–water partition coefficient (Wildman–Crippen LogP) is 2.43. The lowest BCUT2D eigenvalue weighted by atomic mass is 9.87. The standard InChI is InChI=1S/C15H23NO2S/c1-4-16-15-13-8-7-12(18-3)10-11(13)6-9-14(15)19(17)5-2/h7-8,10,14-16H,4-6,9H2,1-3H3. The molecule has 1 aliphatic carbocycles. The van der Waals surface area contributed by atoms with Crippen molar-refractivity contribution in [2.75, 3.05) is 19.4 Å². The molecule has 3 nitrogen and oxygen atoms in total. The minimum Gasteiger partial charge on any atom is -0.497 e. The van der Waals surface area contributed by atoms with E-state index in [0.29, 0.717) is 0 Å². The first-order valence-electron chi connectivity index (χ1n) is 6.98. The van der Waals surface area contributed by atoms with Gasteiger partial charge in [-0.05, 0) is 42.6 Å². The number of hydrogen-bond acceptors (Lipinski definition) is 3. The number of ether oxygens (including phenoxy) is 1. The van der Waals surface area contributed by atoms with Crippen molar-refractivity contribution in [3.8, 4) is 5.75 Å². The Morgan fingerprint density at radius 2 is 2.21 bits per heavy atom. The van der Waals surface area contributed by atoms with Gasteiger partial charge in [0.1, 0.15) is 5.75 Å². The van der Waals surface area contributed by atoms with Crippen LogP contribution in [0.4, 0.5) is 0 Å². The van der Waals surface area contributed by atoms with E-state index in [4.69, 9.17) is 4.74 Å². The summed E-state index contributed by atoms with van der Waals surface area (Å²) in [7, 11) is 0.943. The third-order valence-corrected chi connectivity index (χ3v) is 5.55. The normalized spacial score (nSPS) is 23.7. The van der Waals surface area contributed by atoms with Gasteiger partial charge < -0.3 is 10.1 Å². The molecule has 1 aliphatic rings. The minimum absolute atomic E-state index is 0.209. The lowest BCUT2D eigenvalue weighted by Gasteiger charge is -2.33. The van der Waals surface area contributed by atoms with E-state index in [9.17, 15) is 4.21 Å². The zero-order chi connectivity index (χ0) is 13.8. The largest absolute Gasteiger partial charge is 0.497 e. The van der Waals surface area contributed by atoms with Crippen molar-refractivity contribution in [3.05, 3.63) is 29.3 Å². The number of fused-ring (bicyclic) bond motifs is 1. The van der Waals surface area contributed by atoms with Gasteiger partial charge in [-0.1, -0.05) is 19.9 Å². The average Bonchev–Trinajstić information content (AvgIpc) is 2.46. The van der Waals surface area contributed by atoms with Gasteiger partial charge in [0.15, 0.2) is 0 Å². The molecule has 0 aliphatic heterocycles. The topological polar surface area (TPSA) is 38.3 Å². The molecule has 1 aromatic carbocycles. The monoisotopic (exact) mass is 281 g/mol. The third kappa shape index (κ3) is 3.00. The number of aryl methyl sites for hydroxylation is 1. The highest BCUT2D eigenvalue weighted by Crippen LogP contribution is 2.34. The Morgan fingerprint density at radius 1 is 1.42 bits per heavy atom. The summed E-state index contributed by atoms with van der Waals surface area (Å²) in [5.41, 5.74) is 2.62. The molecule has 0 heterocycles. The van der Waals surface area contributed by atoms with Crippen LogP contribution in [0.5, 0.6) is 5.75 Å². The van der Waals surface area contributed by atoms with Crippen molar-refractivity contribution in [2.45, 2.75) is 38.0 Å². The van der Waals surface area contributed by atoms with Gasteiger partial charge in [-0.3, -0.25) is 4.21 Å². The summed E-state index contributed by atoms with van der Waals surface area (Å²) in [6, 6.07) is 6.45. The Kier molecular flexibility index (Phi) is 4.99.